The summed E-state index contributed by atoms with van der Waals surface area (Å²) >= 11 is 0. The van der Waals surface area contributed by atoms with E-state index in [4.69, 9.17) is 14.2 Å². The fourth-order valence-corrected chi connectivity index (χ4v) is 3.41. The number of hydrogen-bond donors (Lipinski definition) is 1. The van der Waals surface area contributed by atoms with Gasteiger partial charge in [-0.15, -0.1) is 0 Å². The second-order valence-electron chi connectivity index (χ2n) is 7.28. The lowest BCUT2D eigenvalue weighted by atomic mass is 10.1. The monoisotopic (exact) mass is 426 g/mol. The minimum atomic E-state index is -0.496. The molecule has 0 aromatic heterocycles. The lowest BCUT2D eigenvalue weighted by Gasteiger charge is -2.28. The van der Waals surface area contributed by atoms with Crippen molar-refractivity contribution in [2.45, 2.75) is 32.6 Å². The molecular formula is C24H30N2O5. The van der Waals surface area contributed by atoms with Gasteiger partial charge in [0.25, 0.3) is 5.91 Å². The molecule has 0 spiro atoms. The number of carbonyl (C=O) groups is 2. The minimum Gasteiger partial charge on any atom is -0.490 e. The van der Waals surface area contributed by atoms with E-state index < -0.39 is 5.97 Å². The Hall–Kier alpha value is -3.22. The van der Waals surface area contributed by atoms with Crippen LogP contribution >= 0.6 is 0 Å². The van der Waals surface area contributed by atoms with Crippen LogP contribution in [0.25, 0.3) is 0 Å². The SMILES string of the molecule is CCOc1ccccc1OCCC(=O)OCC(=O)Nc1ccc(N2CCCCC2)cc1. The van der Waals surface area contributed by atoms with Crippen LogP contribution < -0.4 is 19.7 Å². The summed E-state index contributed by atoms with van der Waals surface area (Å²) in [5.41, 5.74) is 1.84. The lowest BCUT2D eigenvalue weighted by molar-refractivity contribution is -0.147. The summed E-state index contributed by atoms with van der Waals surface area (Å²) in [6.07, 6.45) is 3.76. The van der Waals surface area contributed by atoms with Gasteiger partial charge in [0, 0.05) is 24.5 Å². The Kier molecular flexibility index (Phi) is 8.58. The van der Waals surface area contributed by atoms with Gasteiger partial charge in [0.2, 0.25) is 0 Å². The summed E-state index contributed by atoms with van der Waals surface area (Å²) in [5, 5.41) is 2.75. The van der Waals surface area contributed by atoms with Crippen LogP contribution in [0, 0.1) is 0 Å². The maximum absolute atomic E-state index is 12.1. The average molecular weight is 427 g/mol. The molecule has 7 heteroatoms. The summed E-state index contributed by atoms with van der Waals surface area (Å²) in [4.78, 5) is 26.3. The van der Waals surface area contributed by atoms with Crippen molar-refractivity contribution in [1.82, 2.24) is 0 Å². The Bertz CT molecular complexity index is 847. The van der Waals surface area contributed by atoms with E-state index in [0.29, 0.717) is 23.8 Å². The Balaban J connectivity index is 1.36. The molecule has 1 aliphatic rings. The number of anilines is 2. The van der Waals surface area contributed by atoms with Gasteiger partial charge in [-0.2, -0.15) is 0 Å². The maximum atomic E-state index is 12.1. The Labute approximate surface area is 183 Å². The number of nitrogens with one attached hydrogen (secondary N) is 1. The van der Waals surface area contributed by atoms with Crippen molar-refractivity contribution >= 4 is 23.3 Å². The van der Waals surface area contributed by atoms with Crippen LogP contribution in [-0.4, -0.2) is 44.8 Å². The second kappa shape index (κ2) is 11.8. The van der Waals surface area contributed by atoms with Crippen molar-refractivity contribution in [3.05, 3.63) is 48.5 Å². The van der Waals surface area contributed by atoms with Crippen LogP contribution in [0.5, 0.6) is 11.5 Å². The number of para-hydroxylation sites is 2. The van der Waals surface area contributed by atoms with E-state index in [2.05, 4.69) is 10.2 Å². The fraction of sp³-hybridized carbons (Fsp3) is 0.417. The van der Waals surface area contributed by atoms with Crippen molar-refractivity contribution in [2.75, 3.05) is 43.1 Å². The van der Waals surface area contributed by atoms with Crippen LogP contribution in [0.4, 0.5) is 11.4 Å². The van der Waals surface area contributed by atoms with Crippen molar-refractivity contribution in [2.24, 2.45) is 0 Å². The molecule has 2 aromatic rings. The highest BCUT2D eigenvalue weighted by atomic mass is 16.5. The molecule has 3 rings (SSSR count). The first-order chi connectivity index (χ1) is 15.2. The van der Waals surface area contributed by atoms with Gasteiger partial charge >= 0.3 is 5.97 Å². The zero-order valence-electron chi connectivity index (χ0n) is 18.0. The van der Waals surface area contributed by atoms with Gasteiger partial charge in [0.1, 0.15) is 0 Å². The minimum absolute atomic E-state index is 0.0400. The van der Waals surface area contributed by atoms with Crippen LogP contribution in [0.15, 0.2) is 48.5 Å². The molecule has 1 aliphatic heterocycles. The number of rotatable bonds is 10. The molecule has 1 fully saturated rings. The molecule has 1 amide bonds. The standard InChI is InChI=1S/C24H30N2O5/c1-2-29-21-8-4-5-9-22(21)30-17-14-24(28)31-18-23(27)25-19-10-12-20(13-11-19)26-15-6-3-7-16-26/h4-5,8-13H,2-3,6-7,14-18H2,1H3,(H,25,27). The molecule has 1 N–H and O–H groups in total. The Morgan fingerprint density at radius 1 is 0.935 bits per heavy atom. The molecule has 0 bridgehead atoms. The van der Waals surface area contributed by atoms with E-state index in [1.54, 1.807) is 12.1 Å². The van der Waals surface area contributed by atoms with Gasteiger partial charge in [-0.3, -0.25) is 9.59 Å². The number of benzene rings is 2. The van der Waals surface area contributed by atoms with E-state index in [1.165, 1.54) is 19.3 Å². The molecule has 0 saturated carbocycles. The van der Waals surface area contributed by atoms with Gasteiger partial charge < -0.3 is 24.4 Å². The molecule has 166 valence electrons. The highest BCUT2D eigenvalue weighted by Crippen LogP contribution is 2.26. The number of piperidine rings is 1. The Morgan fingerprint density at radius 3 is 2.29 bits per heavy atom. The van der Waals surface area contributed by atoms with Gasteiger partial charge in [0.05, 0.1) is 19.6 Å². The predicted octanol–water partition coefficient (Wildman–Crippen LogP) is 4.03. The fourth-order valence-electron chi connectivity index (χ4n) is 3.41. The van der Waals surface area contributed by atoms with Crippen molar-refractivity contribution in [3.8, 4) is 11.5 Å². The topological polar surface area (TPSA) is 77.1 Å². The third-order valence-electron chi connectivity index (χ3n) is 4.95. The van der Waals surface area contributed by atoms with E-state index in [0.717, 1.165) is 18.8 Å². The molecule has 0 atom stereocenters. The summed E-state index contributed by atoms with van der Waals surface area (Å²) in [7, 11) is 0. The number of ether oxygens (including phenoxy) is 3. The van der Waals surface area contributed by atoms with Crippen molar-refractivity contribution in [3.63, 3.8) is 0 Å². The third kappa shape index (κ3) is 7.20. The summed E-state index contributed by atoms with van der Waals surface area (Å²) in [5.74, 6) is 0.332. The van der Waals surface area contributed by atoms with E-state index in [-0.39, 0.29) is 25.5 Å². The highest BCUT2D eigenvalue weighted by Gasteiger charge is 2.12. The smallest absolute Gasteiger partial charge is 0.309 e. The summed E-state index contributed by atoms with van der Waals surface area (Å²) in [6.45, 7) is 4.37. The third-order valence-corrected chi connectivity index (χ3v) is 4.95. The zero-order valence-corrected chi connectivity index (χ0v) is 18.0. The first-order valence-corrected chi connectivity index (χ1v) is 10.8. The van der Waals surface area contributed by atoms with Crippen LogP contribution in [0.2, 0.25) is 0 Å². The van der Waals surface area contributed by atoms with E-state index >= 15 is 0 Å². The Morgan fingerprint density at radius 2 is 1.61 bits per heavy atom. The van der Waals surface area contributed by atoms with E-state index in [9.17, 15) is 9.59 Å². The molecule has 0 unspecified atom stereocenters. The lowest BCUT2D eigenvalue weighted by Crippen LogP contribution is -2.29. The molecule has 31 heavy (non-hydrogen) atoms. The quantitative estimate of drug-likeness (QED) is 0.578. The number of amides is 1. The predicted molar refractivity (Wildman–Crippen MR) is 120 cm³/mol. The van der Waals surface area contributed by atoms with Crippen LogP contribution in [0.1, 0.15) is 32.6 Å². The van der Waals surface area contributed by atoms with Crippen molar-refractivity contribution in [1.29, 1.82) is 0 Å². The number of hydrogen-bond acceptors (Lipinski definition) is 6. The van der Waals surface area contributed by atoms with Gasteiger partial charge in [0.15, 0.2) is 18.1 Å². The maximum Gasteiger partial charge on any atom is 0.309 e. The molecule has 1 saturated heterocycles. The number of carbonyl (C=O) groups excluding carboxylic acids is 2. The van der Waals surface area contributed by atoms with E-state index in [1.807, 2.05) is 43.3 Å². The first kappa shape index (κ1) is 22.5. The van der Waals surface area contributed by atoms with Crippen molar-refractivity contribution < 1.29 is 23.8 Å². The van der Waals surface area contributed by atoms with Crippen LogP contribution in [-0.2, 0) is 14.3 Å². The van der Waals surface area contributed by atoms with Gasteiger partial charge in [-0.25, -0.2) is 0 Å². The second-order valence-corrected chi connectivity index (χ2v) is 7.28. The number of nitrogens with zero attached hydrogens (tertiary/aromatic N) is 1. The summed E-state index contributed by atoms with van der Waals surface area (Å²) < 4.78 is 16.1. The largest absolute Gasteiger partial charge is 0.490 e. The first-order valence-electron chi connectivity index (χ1n) is 10.8. The van der Waals surface area contributed by atoms with Crippen LogP contribution in [0.3, 0.4) is 0 Å². The normalized spacial score (nSPS) is 13.4. The highest BCUT2D eigenvalue weighted by molar-refractivity contribution is 5.92. The molecule has 0 radical (unpaired) electrons. The summed E-state index contributed by atoms with van der Waals surface area (Å²) in [6, 6.07) is 15.0. The zero-order chi connectivity index (χ0) is 21.9. The molecule has 7 nitrogen and oxygen atoms in total. The molecule has 0 aliphatic carbocycles. The number of esters is 1. The van der Waals surface area contributed by atoms with Gasteiger partial charge in [-0.1, -0.05) is 12.1 Å². The molecule has 2 aromatic carbocycles. The average Bonchev–Trinajstić information content (AvgIpc) is 2.80. The molecular weight excluding hydrogens is 396 g/mol. The molecule has 1 heterocycles. The van der Waals surface area contributed by atoms with Gasteiger partial charge in [-0.05, 0) is 62.6 Å².